The van der Waals surface area contributed by atoms with Gasteiger partial charge in [0.25, 0.3) is 0 Å². The maximum absolute atomic E-state index is 11.4. The first-order valence-electron chi connectivity index (χ1n) is 5.87. The number of nitrogens with zero attached hydrogens (tertiary/aromatic N) is 1. The largest absolute Gasteiger partial charge is 0.465 e. The van der Waals surface area contributed by atoms with Gasteiger partial charge in [-0.05, 0) is 25.5 Å². The smallest absolute Gasteiger partial charge is 0.408 e. The van der Waals surface area contributed by atoms with Crippen LogP contribution in [0.25, 0.3) is 0 Å². The molecule has 2 rings (SSSR count). The molecule has 17 heavy (non-hydrogen) atoms. The molecule has 1 atom stereocenters. The average molecular weight is 234 g/mol. The zero-order chi connectivity index (χ0) is 12.3. The lowest BCUT2D eigenvalue weighted by Gasteiger charge is -2.35. The highest BCUT2D eigenvalue weighted by atomic mass is 16.4. The number of nitrogens with one attached hydrogen (secondary N) is 1. The summed E-state index contributed by atoms with van der Waals surface area (Å²) in [4.78, 5) is 12.9. The van der Waals surface area contributed by atoms with Crippen molar-refractivity contribution in [3.05, 3.63) is 35.9 Å². The molecule has 0 radical (unpaired) electrons. The second-order valence-electron chi connectivity index (χ2n) is 4.78. The van der Waals surface area contributed by atoms with Crippen LogP contribution >= 0.6 is 0 Å². The summed E-state index contributed by atoms with van der Waals surface area (Å²) in [6, 6.07) is 9.73. The SMILES string of the molecule is CC1(N(Cc2ccccc2)C(=O)O)CCNC1. The van der Waals surface area contributed by atoms with Crippen LogP contribution in [0.15, 0.2) is 30.3 Å². The van der Waals surface area contributed by atoms with E-state index in [1.54, 1.807) is 4.90 Å². The lowest BCUT2D eigenvalue weighted by molar-refractivity contribution is 0.0875. The van der Waals surface area contributed by atoms with Crippen molar-refractivity contribution in [2.75, 3.05) is 13.1 Å². The van der Waals surface area contributed by atoms with Crippen molar-refractivity contribution in [2.45, 2.75) is 25.4 Å². The molecule has 1 heterocycles. The summed E-state index contributed by atoms with van der Waals surface area (Å²) in [5.41, 5.74) is 0.741. The minimum atomic E-state index is -0.847. The molecule has 1 aromatic carbocycles. The number of benzene rings is 1. The number of carboxylic acid groups (broad SMARTS) is 1. The lowest BCUT2D eigenvalue weighted by atomic mass is 9.98. The van der Waals surface area contributed by atoms with Gasteiger partial charge in [0, 0.05) is 13.1 Å². The monoisotopic (exact) mass is 234 g/mol. The Hall–Kier alpha value is -1.55. The van der Waals surface area contributed by atoms with Crippen molar-refractivity contribution < 1.29 is 9.90 Å². The Labute approximate surface area is 101 Å². The first-order chi connectivity index (χ1) is 8.12. The van der Waals surface area contributed by atoms with E-state index in [2.05, 4.69) is 5.32 Å². The number of rotatable bonds is 3. The van der Waals surface area contributed by atoms with Crippen molar-refractivity contribution in [3.8, 4) is 0 Å². The van der Waals surface area contributed by atoms with Gasteiger partial charge in [0.15, 0.2) is 0 Å². The molecule has 4 heteroatoms. The van der Waals surface area contributed by atoms with Gasteiger partial charge in [-0.25, -0.2) is 4.79 Å². The molecule has 1 amide bonds. The molecule has 2 N–H and O–H groups in total. The summed E-state index contributed by atoms with van der Waals surface area (Å²) in [5.74, 6) is 0. The molecule has 0 spiro atoms. The van der Waals surface area contributed by atoms with Crippen LogP contribution in [0, 0.1) is 0 Å². The van der Waals surface area contributed by atoms with Crippen molar-refractivity contribution >= 4 is 6.09 Å². The summed E-state index contributed by atoms with van der Waals surface area (Å²) in [6.45, 7) is 4.07. The number of amides is 1. The van der Waals surface area contributed by atoms with Gasteiger partial charge in [-0.2, -0.15) is 0 Å². The van der Waals surface area contributed by atoms with Crippen LogP contribution in [-0.4, -0.2) is 34.7 Å². The van der Waals surface area contributed by atoms with Crippen LogP contribution in [0.4, 0.5) is 4.79 Å². The fourth-order valence-electron chi connectivity index (χ4n) is 2.29. The highest BCUT2D eigenvalue weighted by molar-refractivity contribution is 5.66. The summed E-state index contributed by atoms with van der Waals surface area (Å²) >= 11 is 0. The third-order valence-corrected chi connectivity index (χ3v) is 3.41. The van der Waals surface area contributed by atoms with Gasteiger partial charge in [0.2, 0.25) is 0 Å². The summed E-state index contributed by atoms with van der Waals surface area (Å²) in [7, 11) is 0. The zero-order valence-corrected chi connectivity index (χ0v) is 10.0. The van der Waals surface area contributed by atoms with Gasteiger partial charge in [-0.1, -0.05) is 30.3 Å². The molecule has 0 aliphatic carbocycles. The minimum absolute atomic E-state index is 0.290. The Morgan fingerprint density at radius 2 is 2.18 bits per heavy atom. The molecule has 1 aliphatic heterocycles. The van der Waals surface area contributed by atoms with Gasteiger partial charge in [0.1, 0.15) is 0 Å². The Kier molecular flexibility index (Phi) is 3.33. The molecule has 0 bridgehead atoms. The fraction of sp³-hybridized carbons (Fsp3) is 0.462. The zero-order valence-electron chi connectivity index (χ0n) is 10.0. The van der Waals surface area contributed by atoms with Crippen LogP contribution in [-0.2, 0) is 6.54 Å². The van der Waals surface area contributed by atoms with Crippen LogP contribution < -0.4 is 5.32 Å². The Morgan fingerprint density at radius 3 is 2.71 bits per heavy atom. The highest BCUT2D eigenvalue weighted by Crippen LogP contribution is 2.24. The second-order valence-corrected chi connectivity index (χ2v) is 4.78. The number of carbonyl (C=O) groups is 1. The lowest BCUT2D eigenvalue weighted by Crippen LogP contribution is -2.50. The van der Waals surface area contributed by atoms with Crippen molar-refractivity contribution in [1.29, 1.82) is 0 Å². The van der Waals surface area contributed by atoms with E-state index >= 15 is 0 Å². The maximum atomic E-state index is 11.4. The summed E-state index contributed by atoms with van der Waals surface area (Å²) in [5, 5.41) is 12.6. The van der Waals surface area contributed by atoms with E-state index in [9.17, 15) is 9.90 Å². The first kappa shape index (κ1) is 11.9. The summed E-state index contributed by atoms with van der Waals surface area (Å²) in [6.07, 6.45) is 0.0200. The molecule has 0 saturated carbocycles. The Balaban J connectivity index is 2.16. The van der Waals surface area contributed by atoms with Crippen LogP contribution in [0.5, 0.6) is 0 Å². The molecule has 1 aliphatic rings. The topological polar surface area (TPSA) is 52.6 Å². The first-order valence-corrected chi connectivity index (χ1v) is 5.87. The molecule has 1 unspecified atom stereocenters. The van der Waals surface area contributed by atoms with Crippen LogP contribution in [0.2, 0.25) is 0 Å². The van der Waals surface area contributed by atoms with Gasteiger partial charge >= 0.3 is 6.09 Å². The molecule has 1 fully saturated rings. The van der Waals surface area contributed by atoms with Crippen LogP contribution in [0.1, 0.15) is 18.9 Å². The second kappa shape index (κ2) is 4.75. The normalized spacial score (nSPS) is 23.6. The molecule has 92 valence electrons. The van der Waals surface area contributed by atoms with Crippen molar-refractivity contribution in [3.63, 3.8) is 0 Å². The average Bonchev–Trinajstić information content (AvgIpc) is 2.75. The maximum Gasteiger partial charge on any atom is 0.408 e. The standard InChI is InChI=1S/C13H18N2O2/c1-13(7-8-14-10-13)15(12(16)17)9-11-5-3-2-4-6-11/h2-6,14H,7-10H2,1H3,(H,16,17). The van der Waals surface area contributed by atoms with E-state index in [1.165, 1.54) is 0 Å². The molecule has 1 saturated heterocycles. The molecule has 1 aromatic rings. The van der Waals surface area contributed by atoms with E-state index < -0.39 is 6.09 Å². The van der Waals surface area contributed by atoms with E-state index in [0.29, 0.717) is 6.54 Å². The molecular weight excluding hydrogens is 216 g/mol. The third-order valence-electron chi connectivity index (χ3n) is 3.41. The van der Waals surface area contributed by atoms with E-state index in [1.807, 2.05) is 37.3 Å². The molecular formula is C13H18N2O2. The van der Waals surface area contributed by atoms with Gasteiger partial charge in [0.05, 0.1) is 5.54 Å². The fourth-order valence-corrected chi connectivity index (χ4v) is 2.29. The number of hydrogen-bond donors (Lipinski definition) is 2. The Morgan fingerprint density at radius 1 is 1.47 bits per heavy atom. The van der Waals surface area contributed by atoms with Crippen molar-refractivity contribution in [2.24, 2.45) is 0 Å². The van der Waals surface area contributed by atoms with Gasteiger partial charge < -0.3 is 10.4 Å². The number of hydrogen-bond acceptors (Lipinski definition) is 2. The predicted octanol–water partition coefficient (Wildman–Crippen LogP) is 1.92. The summed E-state index contributed by atoms with van der Waals surface area (Å²) < 4.78 is 0. The molecule has 0 aromatic heterocycles. The molecule has 4 nitrogen and oxygen atoms in total. The van der Waals surface area contributed by atoms with E-state index in [0.717, 1.165) is 25.1 Å². The predicted molar refractivity (Wildman–Crippen MR) is 65.9 cm³/mol. The van der Waals surface area contributed by atoms with Crippen molar-refractivity contribution in [1.82, 2.24) is 10.2 Å². The minimum Gasteiger partial charge on any atom is -0.465 e. The highest BCUT2D eigenvalue weighted by Gasteiger charge is 2.37. The Bertz CT molecular complexity index is 386. The van der Waals surface area contributed by atoms with E-state index in [-0.39, 0.29) is 5.54 Å². The van der Waals surface area contributed by atoms with E-state index in [4.69, 9.17) is 0 Å². The van der Waals surface area contributed by atoms with Crippen LogP contribution in [0.3, 0.4) is 0 Å². The quantitative estimate of drug-likeness (QED) is 0.840. The third kappa shape index (κ3) is 2.58. The van der Waals surface area contributed by atoms with Gasteiger partial charge in [-0.15, -0.1) is 0 Å². The van der Waals surface area contributed by atoms with Gasteiger partial charge in [-0.3, -0.25) is 4.90 Å².